The highest BCUT2D eigenvalue weighted by molar-refractivity contribution is 5.05. The quantitative estimate of drug-likeness (QED) is 0.696. The molecule has 0 heterocycles. The number of hydrogen-bond acceptors (Lipinski definition) is 3. The van der Waals surface area contributed by atoms with E-state index in [0.29, 0.717) is 18.0 Å². The van der Waals surface area contributed by atoms with Crippen LogP contribution >= 0.6 is 0 Å². The Labute approximate surface area is 110 Å². The van der Waals surface area contributed by atoms with Gasteiger partial charge in [-0.3, -0.25) is 0 Å². The molecular formula is C15H27NO2. The van der Waals surface area contributed by atoms with Gasteiger partial charge >= 0.3 is 0 Å². The van der Waals surface area contributed by atoms with E-state index in [1.54, 1.807) is 0 Å². The molecule has 2 atom stereocenters. The first kappa shape index (κ1) is 12.9. The molecular weight excluding hydrogens is 226 g/mol. The van der Waals surface area contributed by atoms with Crippen LogP contribution in [0.1, 0.15) is 45.4 Å². The van der Waals surface area contributed by atoms with Crippen LogP contribution in [0.5, 0.6) is 0 Å². The standard InChI is InChI=1S/C15H27NO2/c1-10(16-8-14(18)9-17)15-5-11-2-12(6-15)4-13(3-11)7-15/h10-14,16-18H,2-9H2,1H3. The highest BCUT2D eigenvalue weighted by atomic mass is 16.3. The molecule has 0 saturated heterocycles. The van der Waals surface area contributed by atoms with E-state index in [2.05, 4.69) is 12.2 Å². The minimum Gasteiger partial charge on any atom is -0.394 e. The average Bonchev–Trinajstić information content (AvgIpc) is 2.33. The lowest BCUT2D eigenvalue weighted by molar-refractivity contribution is -0.0720. The van der Waals surface area contributed by atoms with Gasteiger partial charge in [0.25, 0.3) is 0 Å². The lowest BCUT2D eigenvalue weighted by Crippen LogP contribution is -2.55. The Kier molecular flexibility index (Phi) is 3.41. The van der Waals surface area contributed by atoms with Crippen molar-refractivity contribution in [1.82, 2.24) is 5.32 Å². The number of hydrogen-bond donors (Lipinski definition) is 3. The lowest BCUT2D eigenvalue weighted by atomic mass is 9.48. The lowest BCUT2D eigenvalue weighted by Gasteiger charge is -2.59. The Morgan fingerprint density at radius 1 is 1.11 bits per heavy atom. The molecule has 4 aliphatic rings. The number of nitrogens with one attached hydrogen (secondary N) is 1. The third-order valence-corrected chi connectivity index (χ3v) is 5.87. The van der Waals surface area contributed by atoms with Gasteiger partial charge < -0.3 is 15.5 Å². The molecule has 4 aliphatic carbocycles. The molecule has 3 N–H and O–H groups in total. The number of aliphatic hydroxyl groups is 2. The second-order valence-electron chi connectivity index (χ2n) is 7.25. The zero-order valence-corrected chi connectivity index (χ0v) is 11.4. The minimum atomic E-state index is -0.610. The van der Waals surface area contributed by atoms with Crippen molar-refractivity contribution in [2.24, 2.45) is 23.2 Å². The fourth-order valence-corrected chi connectivity index (χ4v) is 5.30. The van der Waals surface area contributed by atoms with E-state index in [0.717, 1.165) is 17.8 Å². The third kappa shape index (κ3) is 2.21. The average molecular weight is 253 g/mol. The maximum atomic E-state index is 9.48. The molecule has 4 saturated carbocycles. The summed E-state index contributed by atoms with van der Waals surface area (Å²) in [6, 6.07) is 0.479. The van der Waals surface area contributed by atoms with Gasteiger partial charge in [-0.1, -0.05) is 0 Å². The first-order chi connectivity index (χ1) is 8.61. The van der Waals surface area contributed by atoms with Crippen LogP contribution in [0.25, 0.3) is 0 Å². The van der Waals surface area contributed by atoms with Crippen molar-refractivity contribution in [3.63, 3.8) is 0 Å². The first-order valence-corrected chi connectivity index (χ1v) is 7.63. The minimum absolute atomic E-state index is 0.138. The van der Waals surface area contributed by atoms with E-state index in [1.807, 2.05) is 0 Å². The predicted molar refractivity (Wildman–Crippen MR) is 71.2 cm³/mol. The van der Waals surface area contributed by atoms with Crippen LogP contribution < -0.4 is 5.32 Å². The molecule has 104 valence electrons. The summed E-state index contributed by atoms with van der Waals surface area (Å²) < 4.78 is 0. The Morgan fingerprint density at radius 3 is 2.06 bits per heavy atom. The van der Waals surface area contributed by atoms with Crippen molar-refractivity contribution in [2.75, 3.05) is 13.2 Å². The van der Waals surface area contributed by atoms with Crippen molar-refractivity contribution in [3.8, 4) is 0 Å². The summed E-state index contributed by atoms with van der Waals surface area (Å²) in [7, 11) is 0. The summed E-state index contributed by atoms with van der Waals surface area (Å²) in [5.41, 5.74) is 0.490. The van der Waals surface area contributed by atoms with Gasteiger partial charge in [0, 0.05) is 12.6 Å². The fourth-order valence-electron chi connectivity index (χ4n) is 5.30. The Bertz CT molecular complexity index is 270. The number of aliphatic hydroxyl groups excluding tert-OH is 2. The summed E-state index contributed by atoms with van der Waals surface area (Å²) in [6.07, 6.45) is 8.00. The van der Waals surface area contributed by atoms with E-state index in [1.165, 1.54) is 38.5 Å². The van der Waals surface area contributed by atoms with Crippen LogP contribution in [0.3, 0.4) is 0 Å². The van der Waals surface area contributed by atoms with Gasteiger partial charge in [0.15, 0.2) is 0 Å². The summed E-state index contributed by atoms with van der Waals surface area (Å²) >= 11 is 0. The second-order valence-corrected chi connectivity index (χ2v) is 7.25. The normalized spacial score (nSPS) is 45.2. The first-order valence-electron chi connectivity index (χ1n) is 7.63. The number of rotatable bonds is 5. The Balaban J connectivity index is 1.63. The van der Waals surface area contributed by atoms with E-state index in [9.17, 15) is 5.11 Å². The fraction of sp³-hybridized carbons (Fsp3) is 1.00. The molecule has 18 heavy (non-hydrogen) atoms. The van der Waals surface area contributed by atoms with Crippen LogP contribution in [0, 0.1) is 23.2 Å². The van der Waals surface area contributed by atoms with E-state index >= 15 is 0 Å². The smallest absolute Gasteiger partial charge is 0.0895 e. The van der Waals surface area contributed by atoms with Gasteiger partial charge in [0.2, 0.25) is 0 Å². The molecule has 3 heteroatoms. The van der Waals surface area contributed by atoms with Gasteiger partial charge in [0.05, 0.1) is 12.7 Å². The molecule has 2 unspecified atom stereocenters. The van der Waals surface area contributed by atoms with E-state index < -0.39 is 6.10 Å². The predicted octanol–water partition coefficient (Wildman–Crippen LogP) is 1.53. The second kappa shape index (κ2) is 4.77. The third-order valence-electron chi connectivity index (χ3n) is 5.87. The van der Waals surface area contributed by atoms with Crippen molar-refractivity contribution in [2.45, 2.75) is 57.6 Å². The van der Waals surface area contributed by atoms with Crippen LogP contribution in [0.2, 0.25) is 0 Å². The summed E-state index contributed by atoms with van der Waals surface area (Å²) in [5.74, 6) is 2.93. The SMILES string of the molecule is CC(NCC(O)CO)C12CC3CC(CC(C3)C1)C2. The molecule has 0 amide bonds. The van der Waals surface area contributed by atoms with Crippen LogP contribution in [0.15, 0.2) is 0 Å². The highest BCUT2D eigenvalue weighted by Gasteiger charge is 2.52. The van der Waals surface area contributed by atoms with Gasteiger partial charge in [-0.25, -0.2) is 0 Å². The van der Waals surface area contributed by atoms with Crippen LogP contribution in [0.4, 0.5) is 0 Å². The molecule has 0 spiro atoms. The molecule has 4 rings (SSSR count). The molecule has 0 aromatic rings. The zero-order valence-electron chi connectivity index (χ0n) is 11.4. The van der Waals surface area contributed by atoms with Gasteiger partial charge in [-0.15, -0.1) is 0 Å². The zero-order chi connectivity index (χ0) is 12.8. The van der Waals surface area contributed by atoms with Crippen molar-refractivity contribution in [3.05, 3.63) is 0 Å². The molecule has 0 aromatic heterocycles. The molecule has 0 radical (unpaired) electrons. The van der Waals surface area contributed by atoms with Crippen molar-refractivity contribution in [1.29, 1.82) is 0 Å². The Morgan fingerprint density at radius 2 is 1.61 bits per heavy atom. The topological polar surface area (TPSA) is 52.5 Å². The molecule has 0 aliphatic heterocycles. The maximum Gasteiger partial charge on any atom is 0.0895 e. The molecule has 3 nitrogen and oxygen atoms in total. The monoisotopic (exact) mass is 253 g/mol. The van der Waals surface area contributed by atoms with Gasteiger partial charge in [0.1, 0.15) is 0 Å². The van der Waals surface area contributed by atoms with Crippen LogP contribution in [-0.4, -0.2) is 35.5 Å². The van der Waals surface area contributed by atoms with E-state index in [-0.39, 0.29) is 6.61 Å². The molecule has 0 aromatic carbocycles. The van der Waals surface area contributed by atoms with Crippen molar-refractivity contribution >= 4 is 0 Å². The molecule has 4 bridgehead atoms. The highest BCUT2D eigenvalue weighted by Crippen LogP contribution is 2.61. The molecule has 4 fully saturated rings. The van der Waals surface area contributed by atoms with Crippen molar-refractivity contribution < 1.29 is 10.2 Å². The van der Waals surface area contributed by atoms with E-state index in [4.69, 9.17) is 5.11 Å². The van der Waals surface area contributed by atoms with Crippen LogP contribution in [-0.2, 0) is 0 Å². The van der Waals surface area contributed by atoms with Gasteiger partial charge in [-0.05, 0) is 68.6 Å². The maximum absolute atomic E-state index is 9.48. The summed E-state index contributed by atoms with van der Waals surface area (Å²) in [4.78, 5) is 0. The van der Waals surface area contributed by atoms with Gasteiger partial charge in [-0.2, -0.15) is 0 Å². The summed E-state index contributed by atoms with van der Waals surface area (Å²) in [6.45, 7) is 2.68. The largest absolute Gasteiger partial charge is 0.394 e. The Hall–Kier alpha value is -0.120. The summed E-state index contributed by atoms with van der Waals surface area (Å²) in [5, 5.41) is 21.8.